The number of carboxylic acids is 1. The number of carboxylic acid groups (broad SMARTS) is 1. The number of aromatic nitrogens is 5. The van der Waals surface area contributed by atoms with Crippen LogP contribution in [-0.2, 0) is 13.1 Å². The molecular formula is C27H21F5N6O4. The number of halogens is 5. The standard InChI is InChI=1S/C27H21F5N6O4/c28-20-9-15(10-21(29)24(20)42-27(30,31)32)12-34-23-14-38(37-36-23)7-1-2-8-41-25-18-5-6-33-13-19(18)17-4-3-16(26(39)40)11-22(17)35-25/h3-6,9-11,13-14,34H,1-2,7-8,12H2,(H,39,40). The third-order valence-corrected chi connectivity index (χ3v) is 6.12. The Bertz CT molecular complexity index is 1740. The second-order valence-corrected chi connectivity index (χ2v) is 9.09. The van der Waals surface area contributed by atoms with Crippen molar-refractivity contribution in [3.63, 3.8) is 0 Å². The molecule has 0 unspecified atom stereocenters. The second-order valence-electron chi connectivity index (χ2n) is 9.09. The molecule has 0 bridgehead atoms. The van der Waals surface area contributed by atoms with E-state index in [1.54, 1.807) is 35.4 Å². The minimum Gasteiger partial charge on any atom is -0.478 e. The molecule has 3 heterocycles. The largest absolute Gasteiger partial charge is 0.573 e. The molecule has 10 nitrogen and oxygen atoms in total. The SMILES string of the molecule is O=C(O)c1ccc2c(c1)nc(OCCCCn1cc(NCc3cc(F)c(OC(F)(F)F)c(F)c3)nn1)c1ccncc12. The van der Waals surface area contributed by atoms with Crippen molar-refractivity contribution in [1.29, 1.82) is 0 Å². The number of hydrogen-bond donors (Lipinski definition) is 2. The van der Waals surface area contributed by atoms with Gasteiger partial charge in [-0.15, -0.1) is 18.3 Å². The topological polar surface area (TPSA) is 124 Å². The first kappa shape index (κ1) is 28.4. The summed E-state index contributed by atoms with van der Waals surface area (Å²) in [6.07, 6.45) is 0.910. The predicted octanol–water partition coefficient (Wildman–Crippen LogP) is 5.72. The molecule has 0 fully saturated rings. The lowest BCUT2D eigenvalue weighted by Crippen LogP contribution is -2.19. The van der Waals surface area contributed by atoms with Gasteiger partial charge < -0.3 is 19.9 Å². The maximum absolute atomic E-state index is 13.9. The van der Waals surface area contributed by atoms with E-state index in [4.69, 9.17) is 4.74 Å². The number of unbranched alkanes of at least 4 members (excludes halogenated alkanes) is 1. The predicted molar refractivity (Wildman–Crippen MR) is 139 cm³/mol. The summed E-state index contributed by atoms with van der Waals surface area (Å²) in [5.41, 5.74) is 0.624. The Kier molecular flexibility index (Phi) is 7.99. The van der Waals surface area contributed by atoms with Crippen LogP contribution in [0.5, 0.6) is 11.6 Å². The molecule has 5 rings (SSSR count). The van der Waals surface area contributed by atoms with Gasteiger partial charge in [0, 0.05) is 41.6 Å². The fraction of sp³-hybridized carbons (Fsp3) is 0.222. The maximum Gasteiger partial charge on any atom is 0.573 e. The smallest absolute Gasteiger partial charge is 0.478 e. The average molecular weight is 588 g/mol. The van der Waals surface area contributed by atoms with E-state index in [0.717, 1.165) is 28.3 Å². The highest BCUT2D eigenvalue weighted by atomic mass is 19.4. The number of anilines is 1. The molecule has 0 saturated carbocycles. The van der Waals surface area contributed by atoms with Gasteiger partial charge in [0.1, 0.15) is 0 Å². The zero-order chi connectivity index (χ0) is 29.9. The van der Waals surface area contributed by atoms with Crippen molar-refractivity contribution in [3.05, 3.63) is 77.8 Å². The number of nitrogens with one attached hydrogen (secondary N) is 1. The Hall–Kier alpha value is -5.08. The first-order chi connectivity index (χ1) is 20.1. The summed E-state index contributed by atoms with van der Waals surface area (Å²) >= 11 is 0. The Morgan fingerprint density at radius 1 is 1.02 bits per heavy atom. The Balaban J connectivity index is 1.14. The molecule has 15 heteroatoms. The lowest BCUT2D eigenvalue weighted by Gasteiger charge is -2.12. The number of alkyl halides is 3. The third kappa shape index (κ3) is 6.62. The van der Waals surface area contributed by atoms with Crippen LogP contribution in [-0.4, -0.2) is 49.0 Å². The van der Waals surface area contributed by atoms with Gasteiger partial charge in [0.05, 0.1) is 23.9 Å². The molecule has 2 aromatic carbocycles. The average Bonchev–Trinajstić information content (AvgIpc) is 3.40. The maximum atomic E-state index is 13.9. The molecule has 0 amide bonds. The summed E-state index contributed by atoms with van der Waals surface area (Å²) in [4.78, 5) is 20.1. The number of aryl methyl sites for hydroxylation is 1. The minimum absolute atomic E-state index is 0.0380. The first-order valence-electron chi connectivity index (χ1n) is 12.5. The van der Waals surface area contributed by atoms with E-state index in [1.165, 1.54) is 12.1 Å². The van der Waals surface area contributed by atoms with Gasteiger partial charge in [0.25, 0.3) is 0 Å². The van der Waals surface area contributed by atoms with E-state index in [2.05, 4.69) is 30.3 Å². The lowest BCUT2D eigenvalue weighted by molar-refractivity contribution is -0.276. The van der Waals surface area contributed by atoms with Gasteiger partial charge in [-0.25, -0.2) is 18.6 Å². The van der Waals surface area contributed by atoms with Crippen LogP contribution in [0.1, 0.15) is 28.8 Å². The van der Waals surface area contributed by atoms with Crippen LogP contribution in [0.2, 0.25) is 0 Å². The Labute approximate surface area is 233 Å². The molecule has 2 N–H and O–H groups in total. The molecule has 5 aromatic rings. The number of aromatic carboxylic acids is 1. The third-order valence-electron chi connectivity index (χ3n) is 6.12. The quantitative estimate of drug-likeness (QED) is 0.113. The molecule has 0 radical (unpaired) electrons. The highest BCUT2D eigenvalue weighted by Gasteiger charge is 2.34. The van der Waals surface area contributed by atoms with Crippen molar-refractivity contribution in [2.24, 2.45) is 0 Å². The van der Waals surface area contributed by atoms with Gasteiger partial charge in [-0.1, -0.05) is 11.3 Å². The summed E-state index contributed by atoms with van der Waals surface area (Å²) < 4.78 is 75.6. The van der Waals surface area contributed by atoms with Gasteiger partial charge in [-0.3, -0.25) is 9.67 Å². The van der Waals surface area contributed by atoms with E-state index < -0.39 is 29.7 Å². The summed E-state index contributed by atoms with van der Waals surface area (Å²) in [5, 5.41) is 22.3. The number of ether oxygens (including phenoxy) is 2. The number of hydrogen-bond acceptors (Lipinski definition) is 8. The highest BCUT2D eigenvalue weighted by Crippen LogP contribution is 2.31. The fourth-order valence-electron chi connectivity index (χ4n) is 4.21. The zero-order valence-corrected chi connectivity index (χ0v) is 21.5. The monoisotopic (exact) mass is 588 g/mol. The van der Waals surface area contributed by atoms with Crippen LogP contribution >= 0.6 is 0 Å². The number of benzene rings is 2. The van der Waals surface area contributed by atoms with E-state index in [1.807, 2.05) is 0 Å². The van der Waals surface area contributed by atoms with Crippen molar-refractivity contribution in [3.8, 4) is 11.6 Å². The van der Waals surface area contributed by atoms with Crippen molar-refractivity contribution in [1.82, 2.24) is 25.0 Å². The first-order valence-corrected chi connectivity index (χ1v) is 12.5. The van der Waals surface area contributed by atoms with E-state index in [9.17, 15) is 31.9 Å². The van der Waals surface area contributed by atoms with Crippen molar-refractivity contribution in [2.75, 3.05) is 11.9 Å². The molecule has 0 aliphatic carbocycles. The van der Waals surface area contributed by atoms with Crippen LogP contribution < -0.4 is 14.8 Å². The van der Waals surface area contributed by atoms with Gasteiger partial charge in [-0.05, 0) is 48.7 Å². The van der Waals surface area contributed by atoms with Crippen LogP contribution in [0.15, 0.2) is 55.0 Å². The molecule has 0 aliphatic rings. The van der Waals surface area contributed by atoms with Crippen molar-refractivity contribution < 1.29 is 41.3 Å². The highest BCUT2D eigenvalue weighted by molar-refractivity contribution is 6.08. The number of rotatable bonds is 11. The van der Waals surface area contributed by atoms with E-state index in [0.29, 0.717) is 43.2 Å². The van der Waals surface area contributed by atoms with Crippen LogP contribution in [0.3, 0.4) is 0 Å². The molecule has 218 valence electrons. The number of nitrogens with zero attached hydrogens (tertiary/aromatic N) is 5. The van der Waals surface area contributed by atoms with Gasteiger partial charge in [0.2, 0.25) is 11.6 Å². The number of carbonyl (C=O) groups is 1. The normalized spacial score (nSPS) is 11.6. The molecule has 0 aliphatic heterocycles. The fourth-order valence-corrected chi connectivity index (χ4v) is 4.21. The molecule has 0 spiro atoms. The van der Waals surface area contributed by atoms with Crippen molar-refractivity contribution in [2.45, 2.75) is 32.3 Å². The molecule has 42 heavy (non-hydrogen) atoms. The van der Waals surface area contributed by atoms with Crippen molar-refractivity contribution >= 4 is 33.5 Å². The van der Waals surface area contributed by atoms with Gasteiger partial charge in [0.15, 0.2) is 17.5 Å². The van der Waals surface area contributed by atoms with Crippen LogP contribution in [0.25, 0.3) is 21.7 Å². The van der Waals surface area contributed by atoms with E-state index in [-0.39, 0.29) is 17.7 Å². The molecule has 0 atom stereocenters. The summed E-state index contributed by atoms with van der Waals surface area (Å²) in [6.45, 7) is 0.672. The summed E-state index contributed by atoms with van der Waals surface area (Å²) in [6, 6.07) is 7.93. The van der Waals surface area contributed by atoms with Gasteiger partial charge >= 0.3 is 12.3 Å². The molecule has 3 aromatic heterocycles. The second kappa shape index (κ2) is 11.8. The molecular weight excluding hydrogens is 567 g/mol. The van der Waals surface area contributed by atoms with Crippen LogP contribution in [0, 0.1) is 11.6 Å². The van der Waals surface area contributed by atoms with Gasteiger partial charge in [-0.2, -0.15) is 0 Å². The Morgan fingerprint density at radius 3 is 2.55 bits per heavy atom. The Morgan fingerprint density at radius 2 is 1.81 bits per heavy atom. The molecule has 0 saturated heterocycles. The zero-order valence-electron chi connectivity index (χ0n) is 21.5. The summed E-state index contributed by atoms with van der Waals surface area (Å²) in [5.74, 6) is -4.89. The van der Waals surface area contributed by atoms with E-state index >= 15 is 0 Å². The number of fused-ring (bicyclic) bond motifs is 3. The summed E-state index contributed by atoms with van der Waals surface area (Å²) in [7, 11) is 0. The number of pyridine rings is 2. The minimum atomic E-state index is -5.22. The lowest BCUT2D eigenvalue weighted by atomic mass is 10.1. The van der Waals surface area contributed by atoms with Crippen LogP contribution in [0.4, 0.5) is 27.8 Å².